The Morgan fingerprint density at radius 2 is 2.14 bits per heavy atom. The summed E-state index contributed by atoms with van der Waals surface area (Å²) in [4.78, 5) is 14.5. The van der Waals surface area contributed by atoms with E-state index in [0.29, 0.717) is 12.5 Å². The monoisotopic (exact) mass is 289 g/mol. The standard InChI is InChI=1S/C17H27N3O/c1-14-7-6-10-17(18,13-14)16(21)19-11-12-20(2)15-8-4-3-5-9-15/h3-5,8-9,14H,6-7,10-13,18H2,1-2H3,(H,19,21). The van der Waals surface area contributed by atoms with Gasteiger partial charge in [0.25, 0.3) is 0 Å². The Kier molecular flexibility index (Phi) is 5.23. The molecule has 1 aromatic carbocycles. The van der Waals surface area contributed by atoms with Crippen molar-refractivity contribution in [1.29, 1.82) is 0 Å². The molecule has 2 unspecified atom stereocenters. The summed E-state index contributed by atoms with van der Waals surface area (Å²) in [7, 11) is 2.03. The fraction of sp³-hybridized carbons (Fsp3) is 0.588. The number of nitrogens with zero attached hydrogens (tertiary/aromatic N) is 1. The largest absolute Gasteiger partial charge is 0.373 e. The van der Waals surface area contributed by atoms with Crippen LogP contribution in [0.2, 0.25) is 0 Å². The third-order valence-electron chi connectivity index (χ3n) is 4.41. The second kappa shape index (κ2) is 6.94. The molecule has 4 heteroatoms. The number of rotatable bonds is 5. The predicted molar refractivity (Wildman–Crippen MR) is 87.3 cm³/mol. The Hall–Kier alpha value is -1.55. The molecule has 0 radical (unpaired) electrons. The number of carbonyl (C=O) groups excluding carboxylic acids is 1. The first kappa shape index (κ1) is 15.8. The molecule has 0 bridgehead atoms. The van der Waals surface area contributed by atoms with Crippen LogP contribution in [-0.4, -0.2) is 31.6 Å². The van der Waals surface area contributed by atoms with Gasteiger partial charge in [-0.25, -0.2) is 0 Å². The minimum absolute atomic E-state index is 0.00973. The number of anilines is 1. The van der Waals surface area contributed by atoms with Crippen LogP contribution in [0.1, 0.15) is 32.6 Å². The summed E-state index contributed by atoms with van der Waals surface area (Å²) < 4.78 is 0. The van der Waals surface area contributed by atoms with Gasteiger partial charge in [-0.1, -0.05) is 38.0 Å². The van der Waals surface area contributed by atoms with Crippen LogP contribution in [0.3, 0.4) is 0 Å². The number of nitrogens with two attached hydrogens (primary N) is 1. The Balaban J connectivity index is 1.79. The lowest BCUT2D eigenvalue weighted by molar-refractivity contribution is -0.128. The molecule has 2 atom stereocenters. The van der Waals surface area contributed by atoms with Crippen LogP contribution in [0.15, 0.2) is 30.3 Å². The zero-order chi connectivity index (χ0) is 15.3. The summed E-state index contributed by atoms with van der Waals surface area (Å²) >= 11 is 0. The van der Waals surface area contributed by atoms with E-state index in [0.717, 1.165) is 31.5 Å². The molecule has 1 saturated carbocycles. The number of benzene rings is 1. The highest BCUT2D eigenvalue weighted by Crippen LogP contribution is 2.30. The zero-order valence-electron chi connectivity index (χ0n) is 13.1. The zero-order valence-corrected chi connectivity index (χ0v) is 13.1. The third kappa shape index (κ3) is 4.21. The SMILES string of the molecule is CC1CCCC(N)(C(=O)NCCN(C)c2ccccc2)C1. The number of likely N-dealkylation sites (N-methyl/N-ethyl adjacent to an activating group) is 1. The molecule has 4 nitrogen and oxygen atoms in total. The summed E-state index contributed by atoms with van der Waals surface area (Å²) in [6.07, 6.45) is 3.84. The Labute approximate surface area is 127 Å². The molecule has 1 aromatic rings. The smallest absolute Gasteiger partial charge is 0.240 e. The Morgan fingerprint density at radius 3 is 2.81 bits per heavy atom. The first-order chi connectivity index (χ1) is 10.0. The van der Waals surface area contributed by atoms with E-state index < -0.39 is 5.54 Å². The van der Waals surface area contributed by atoms with Crippen LogP contribution in [-0.2, 0) is 4.79 Å². The molecule has 1 aliphatic carbocycles. The van der Waals surface area contributed by atoms with Gasteiger partial charge in [-0.05, 0) is 30.9 Å². The second-order valence-corrected chi connectivity index (χ2v) is 6.37. The first-order valence-corrected chi connectivity index (χ1v) is 7.85. The maximum absolute atomic E-state index is 12.3. The van der Waals surface area contributed by atoms with E-state index in [4.69, 9.17) is 5.73 Å². The van der Waals surface area contributed by atoms with Crippen LogP contribution in [0.5, 0.6) is 0 Å². The summed E-state index contributed by atoms with van der Waals surface area (Å²) in [5.74, 6) is 0.553. The highest BCUT2D eigenvalue weighted by atomic mass is 16.2. The lowest BCUT2D eigenvalue weighted by atomic mass is 9.76. The van der Waals surface area contributed by atoms with Gasteiger partial charge in [0, 0.05) is 25.8 Å². The highest BCUT2D eigenvalue weighted by Gasteiger charge is 2.37. The molecule has 0 heterocycles. The molecular formula is C17H27N3O. The van der Waals surface area contributed by atoms with Crippen molar-refractivity contribution in [3.63, 3.8) is 0 Å². The molecule has 0 aliphatic heterocycles. The molecule has 0 spiro atoms. The van der Waals surface area contributed by atoms with Gasteiger partial charge in [0.05, 0.1) is 5.54 Å². The number of hydrogen-bond acceptors (Lipinski definition) is 3. The van der Waals surface area contributed by atoms with E-state index >= 15 is 0 Å². The van der Waals surface area contributed by atoms with Gasteiger partial charge in [0.2, 0.25) is 5.91 Å². The van der Waals surface area contributed by atoms with Crippen molar-refractivity contribution >= 4 is 11.6 Å². The van der Waals surface area contributed by atoms with Gasteiger partial charge in [-0.3, -0.25) is 4.79 Å². The van der Waals surface area contributed by atoms with Crippen LogP contribution >= 0.6 is 0 Å². The van der Waals surface area contributed by atoms with Crippen molar-refractivity contribution in [2.45, 2.75) is 38.1 Å². The second-order valence-electron chi connectivity index (χ2n) is 6.37. The molecule has 3 N–H and O–H groups in total. The Bertz CT molecular complexity index is 462. The average Bonchev–Trinajstić information content (AvgIpc) is 2.47. The molecule has 116 valence electrons. The minimum atomic E-state index is -0.664. The Morgan fingerprint density at radius 1 is 1.43 bits per heavy atom. The molecular weight excluding hydrogens is 262 g/mol. The van der Waals surface area contributed by atoms with E-state index in [1.807, 2.05) is 25.2 Å². The van der Waals surface area contributed by atoms with Gasteiger partial charge in [0.15, 0.2) is 0 Å². The molecule has 21 heavy (non-hydrogen) atoms. The van der Waals surface area contributed by atoms with Gasteiger partial charge in [0.1, 0.15) is 0 Å². The van der Waals surface area contributed by atoms with Crippen LogP contribution < -0.4 is 16.0 Å². The molecule has 1 aliphatic rings. The van der Waals surface area contributed by atoms with Crippen LogP contribution in [0.25, 0.3) is 0 Å². The summed E-state index contributed by atoms with van der Waals surface area (Å²) in [5.41, 5.74) is 6.78. The van der Waals surface area contributed by atoms with Crippen LogP contribution in [0, 0.1) is 5.92 Å². The van der Waals surface area contributed by atoms with E-state index in [1.165, 1.54) is 6.42 Å². The van der Waals surface area contributed by atoms with Crippen molar-refractivity contribution in [2.24, 2.45) is 11.7 Å². The van der Waals surface area contributed by atoms with E-state index in [1.54, 1.807) is 0 Å². The fourth-order valence-electron chi connectivity index (χ4n) is 3.12. The molecule has 1 amide bonds. The maximum atomic E-state index is 12.3. The quantitative estimate of drug-likeness (QED) is 0.873. The molecule has 1 fully saturated rings. The van der Waals surface area contributed by atoms with E-state index in [-0.39, 0.29) is 5.91 Å². The highest BCUT2D eigenvalue weighted by molar-refractivity contribution is 5.86. The molecule has 0 aromatic heterocycles. The normalized spacial score (nSPS) is 25.4. The number of carbonyl (C=O) groups is 1. The van der Waals surface area contributed by atoms with E-state index in [2.05, 4.69) is 29.3 Å². The fourth-order valence-corrected chi connectivity index (χ4v) is 3.12. The number of nitrogens with one attached hydrogen (secondary N) is 1. The number of hydrogen-bond donors (Lipinski definition) is 2. The molecule has 0 saturated heterocycles. The van der Waals surface area contributed by atoms with Crippen molar-refractivity contribution in [3.05, 3.63) is 30.3 Å². The third-order valence-corrected chi connectivity index (χ3v) is 4.41. The molecule has 2 rings (SSSR count). The van der Waals surface area contributed by atoms with E-state index in [9.17, 15) is 4.79 Å². The van der Waals surface area contributed by atoms with Crippen molar-refractivity contribution < 1.29 is 4.79 Å². The van der Waals surface area contributed by atoms with Gasteiger partial charge >= 0.3 is 0 Å². The summed E-state index contributed by atoms with van der Waals surface area (Å²) in [6.45, 7) is 3.58. The number of amides is 1. The van der Waals surface area contributed by atoms with Gasteiger partial charge in [-0.2, -0.15) is 0 Å². The first-order valence-electron chi connectivity index (χ1n) is 7.85. The minimum Gasteiger partial charge on any atom is -0.373 e. The van der Waals surface area contributed by atoms with Crippen LogP contribution in [0.4, 0.5) is 5.69 Å². The lowest BCUT2D eigenvalue weighted by Gasteiger charge is -2.35. The summed E-state index contributed by atoms with van der Waals surface area (Å²) in [5, 5.41) is 3.01. The topological polar surface area (TPSA) is 58.4 Å². The van der Waals surface area contributed by atoms with Gasteiger partial charge < -0.3 is 16.0 Å². The number of para-hydroxylation sites is 1. The van der Waals surface area contributed by atoms with Gasteiger partial charge in [-0.15, -0.1) is 0 Å². The lowest BCUT2D eigenvalue weighted by Crippen LogP contribution is -2.56. The van der Waals surface area contributed by atoms with Crippen molar-refractivity contribution in [3.8, 4) is 0 Å². The van der Waals surface area contributed by atoms with Crippen molar-refractivity contribution in [1.82, 2.24) is 5.32 Å². The predicted octanol–water partition coefficient (Wildman–Crippen LogP) is 2.15. The summed E-state index contributed by atoms with van der Waals surface area (Å²) in [6, 6.07) is 10.2. The maximum Gasteiger partial charge on any atom is 0.240 e. The van der Waals surface area contributed by atoms with Crippen molar-refractivity contribution in [2.75, 3.05) is 25.0 Å². The average molecular weight is 289 g/mol.